The molecule has 1 aliphatic rings. The van der Waals surface area contributed by atoms with Crippen LogP contribution in [0.25, 0.3) is 0 Å². The minimum absolute atomic E-state index is 0.0835. The van der Waals surface area contributed by atoms with Crippen LogP contribution < -0.4 is 14.8 Å². The fraction of sp³-hybridized carbons (Fsp3) is 0.350. The van der Waals surface area contributed by atoms with Gasteiger partial charge in [-0.1, -0.05) is 12.1 Å². The number of rotatable bonds is 7. The van der Waals surface area contributed by atoms with Crippen LogP contribution in [0.3, 0.4) is 0 Å². The Hall–Kier alpha value is -2.60. The first-order valence-corrected chi connectivity index (χ1v) is 8.55. The van der Waals surface area contributed by atoms with E-state index in [4.69, 9.17) is 9.47 Å². The van der Waals surface area contributed by atoms with E-state index in [0.717, 1.165) is 22.6 Å². The zero-order valence-corrected chi connectivity index (χ0v) is 15.0. The van der Waals surface area contributed by atoms with Crippen LogP contribution in [0.1, 0.15) is 17.5 Å². The highest BCUT2D eigenvalue weighted by molar-refractivity contribution is 5.79. The monoisotopic (exact) mass is 358 g/mol. The van der Waals surface area contributed by atoms with Crippen molar-refractivity contribution in [2.75, 3.05) is 20.8 Å². The van der Waals surface area contributed by atoms with Crippen LogP contribution >= 0.6 is 0 Å². The molecule has 1 fully saturated rings. The van der Waals surface area contributed by atoms with Crippen LogP contribution in [0.15, 0.2) is 42.5 Å². The number of amides is 1. The first kappa shape index (κ1) is 18.2. The lowest BCUT2D eigenvalue weighted by atomic mass is 10.1. The van der Waals surface area contributed by atoms with Crippen molar-refractivity contribution in [3.8, 4) is 11.5 Å². The molecular formula is C20H23FN2O3. The molecule has 2 aromatic rings. The molecule has 0 spiro atoms. The number of nitrogens with zero attached hydrogens (tertiary/aromatic N) is 1. The van der Waals surface area contributed by atoms with Gasteiger partial charge in [0.25, 0.3) is 0 Å². The van der Waals surface area contributed by atoms with Gasteiger partial charge in [0.15, 0.2) is 0 Å². The Morgan fingerprint density at radius 1 is 1.08 bits per heavy atom. The molecule has 0 aromatic heterocycles. The molecule has 5 nitrogen and oxygen atoms in total. The molecule has 2 aromatic carbocycles. The molecule has 0 radical (unpaired) electrons. The number of ether oxygens (including phenoxy) is 2. The van der Waals surface area contributed by atoms with E-state index in [1.807, 2.05) is 18.2 Å². The van der Waals surface area contributed by atoms with E-state index in [2.05, 4.69) is 5.32 Å². The molecule has 138 valence electrons. The van der Waals surface area contributed by atoms with Crippen molar-refractivity contribution in [1.29, 1.82) is 0 Å². The van der Waals surface area contributed by atoms with E-state index in [1.165, 1.54) is 12.1 Å². The van der Waals surface area contributed by atoms with Crippen LogP contribution in [0, 0.1) is 5.82 Å². The quantitative estimate of drug-likeness (QED) is 0.827. The van der Waals surface area contributed by atoms with Crippen molar-refractivity contribution >= 4 is 5.91 Å². The lowest BCUT2D eigenvalue weighted by Gasteiger charge is -2.17. The Balaban J connectivity index is 1.56. The van der Waals surface area contributed by atoms with Crippen LogP contribution in [0.2, 0.25) is 0 Å². The summed E-state index contributed by atoms with van der Waals surface area (Å²) in [5.74, 6) is 1.31. The summed E-state index contributed by atoms with van der Waals surface area (Å²) in [5.41, 5.74) is 1.96. The fourth-order valence-electron chi connectivity index (χ4n) is 3.10. The number of hydrogen-bond acceptors (Lipinski definition) is 4. The second kappa shape index (κ2) is 8.19. The Bertz CT molecular complexity index is 742. The summed E-state index contributed by atoms with van der Waals surface area (Å²) >= 11 is 0. The van der Waals surface area contributed by atoms with Gasteiger partial charge < -0.3 is 19.7 Å². The highest BCUT2D eigenvalue weighted by Gasteiger charge is 2.29. The highest BCUT2D eigenvalue weighted by atomic mass is 19.1. The predicted octanol–water partition coefficient (Wildman–Crippen LogP) is 2.73. The van der Waals surface area contributed by atoms with Gasteiger partial charge in [0.2, 0.25) is 5.91 Å². The van der Waals surface area contributed by atoms with Crippen molar-refractivity contribution in [3.63, 3.8) is 0 Å². The second-order valence-corrected chi connectivity index (χ2v) is 6.40. The summed E-state index contributed by atoms with van der Waals surface area (Å²) in [7, 11) is 3.24. The van der Waals surface area contributed by atoms with Gasteiger partial charge in [-0.15, -0.1) is 0 Å². The zero-order chi connectivity index (χ0) is 18.5. The van der Waals surface area contributed by atoms with Crippen LogP contribution in [-0.2, 0) is 17.9 Å². The molecule has 1 saturated heterocycles. The number of carbonyl (C=O) groups excluding carboxylic acids is 1. The summed E-state index contributed by atoms with van der Waals surface area (Å²) in [4.78, 5) is 14.0. The molecule has 1 heterocycles. The third kappa shape index (κ3) is 4.52. The van der Waals surface area contributed by atoms with E-state index in [1.54, 1.807) is 31.3 Å². The maximum Gasteiger partial charge on any atom is 0.224 e. The fourth-order valence-corrected chi connectivity index (χ4v) is 3.10. The summed E-state index contributed by atoms with van der Waals surface area (Å²) in [6.45, 7) is 1.76. The maximum absolute atomic E-state index is 13.0. The van der Waals surface area contributed by atoms with E-state index in [-0.39, 0.29) is 17.8 Å². The number of methoxy groups -OCH3 is 2. The molecule has 0 aliphatic carbocycles. The zero-order valence-electron chi connectivity index (χ0n) is 15.0. The molecule has 0 unspecified atom stereocenters. The standard InChI is InChI=1S/C20H23FN2O3/c1-25-18-7-15(8-19(10-18)26-2)11-22-17-9-20(24)23(13-17)12-14-3-5-16(21)6-4-14/h3-8,10,17,22H,9,11-13H2,1-2H3/t17-/m1/s1. The van der Waals surface area contributed by atoms with Crippen molar-refractivity contribution in [2.24, 2.45) is 0 Å². The van der Waals surface area contributed by atoms with Gasteiger partial charge in [-0.25, -0.2) is 4.39 Å². The second-order valence-electron chi connectivity index (χ2n) is 6.40. The van der Waals surface area contributed by atoms with E-state index < -0.39 is 0 Å². The lowest BCUT2D eigenvalue weighted by Crippen LogP contribution is -2.32. The average molecular weight is 358 g/mol. The lowest BCUT2D eigenvalue weighted by molar-refractivity contribution is -0.128. The minimum atomic E-state index is -0.269. The molecule has 6 heteroatoms. The molecule has 1 amide bonds. The first-order chi connectivity index (χ1) is 12.6. The Morgan fingerprint density at radius 2 is 1.73 bits per heavy atom. The third-order valence-corrected chi connectivity index (χ3v) is 4.51. The predicted molar refractivity (Wildman–Crippen MR) is 96.6 cm³/mol. The van der Waals surface area contributed by atoms with Crippen LogP contribution in [0.4, 0.5) is 4.39 Å². The molecule has 26 heavy (non-hydrogen) atoms. The normalized spacial score (nSPS) is 16.8. The SMILES string of the molecule is COc1cc(CN[C@@H]2CC(=O)N(Cc3ccc(F)cc3)C2)cc(OC)c1. The largest absolute Gasteiger partial charge is 0.497 e. The summed E-state index contributed by atoms with van der Waals surface area (Å²) in [5, 5.41) is 3.42. The van der Waals surface area contributed by atoms with Gasteiger partial charge in [-0.2, -0.15) is 0 Å². The maximum atomic E-state index is 13.0. The molecule has 0 saturated carbocycles. The summed E-state index contributed by atoms with van der Waals surface area (Å²) in [6, 6.07) is 12.1. The molecule has 1 N–H and O–H groups in total. The summed E-state index contributed by atoms with van der Waals surface area (Å²) in [6.07, 6.45) is 0.461. The van der Waals surface area contributed by atoms with Gasteiger partial charge in [0, 0.05) is 38.2 Å². The first-order valence-electron chi connectivity index (χ1n) is 8.55. The Kier molecular flexibility index (Phi) is 5.73. The van der Waals surface area contributed by atoms with E-state index in [9.17, 15) is 9.18 Å². The van der Waals surface area contributed by atoms with Crippen LogP contribution in [0.5, 0.6) is 11.5 Å². The van der Waals surface area contributed by atoms with E-state index in [0.29, 0.717) is 26.1 Å². The number of benzene rings is 2. The van der Waals surface area contributed by atoms with Crippen molar-refractivity contribution in [1.82, 2.24) is 10.2 Å². The van der Waals surface area contributed by atoms with Gasteiger partial charge in [-0.05, 0) is 35.4 Å². The van der Waals surface area contributed by atoms with Crippen molar-refractivity contribution < 1.29 is 18.7 Å². The number of halogens is 1. The molecule has 1 aliphatic heterocycles. The highest BCUT2D eigenvalue weighted by Crippen LogP contribution is 2.23. The van der Waals surface area contributed by atoms with Crippen molar-refractivity contribution in [2.45, 2.75) is 25.6 Å². The molecule has 0 bridgehead atoms. The number of likely N-dealkylation sites (tertiary alicyclic amines) is 1. The molecule has 3 rings (SSSR count). The van der Waals surface area contributed by atoms with Crippen molar-refractivity contribution in [3.05, 3.63) is 59.4 Å². The topological polar surface area (TPSA) is 50.8 Å². The third-order valence-electron chi connectivity index (χ3n) is 4.51. The van der Waals surface area contributed by atoms with Crippen LogP contribution in [-0.4, -0.2) is 37.6 Å². The molecular weight excluding hydrogens is 335 g/mol. The van der Waals surface area contributed by atoms with Gasteiger partial charge in [0.1, 0.15) is 17.3 Å². The van der Waals surface area contributed by atoms with Gasteiger partial charge in [-0.3, -0.25) is 4.79 Å². The Morgan fingerprint density at radius 3 is 2.35 bits per heavy atom. The Labute approximate surface area is 152 Å². The number of nitrogens with one attached hydrogen (secondary N) is 1. The summed E-state index contributed by atoms with van der Waals surface area (Å²) < 4.78 is 23.6. The van der Waals surface area contributed by atoms with Gasteiger partial charge >= 0.3 is 0 Å². The average Bonchev–Trinajstić information content (AvgIpc) is 3.01. The van der Waals surface area contributed by atoms with E-state index >= 15 is 0 Å². The number of carbonyl (C=O) groups is 1. The number of hydrogen-bond donors (Lipinski definition) is 1. The smallest absolute Gasteiger partial charge is 0.224 e. The molecule has 1 atom stereocenters. The minimum Gasteiger partial charge on any atom is -0.497 e. The van der Waals surface area contributed by atoms with Gasteiger partial charge in [0.05, 0.1) is 14.2 Å².